The van der Waals surface area contributed by atoms with Crippen LogP contribution in [0.25, 0.3) is 0 Å². The molecule has 0 amide bonds. The Morgan fingerprint density at radius 3 is 2.72 bits per heavy atom. The van der Waals surface area contributed by atoms with Gasteiger partial charge < -0.3 is 14.9 Å². The molecule has 1 aliphatic rings. The molecule has 2 N–H and O–H groups in total. The predicted octanol–water partition coefficient (Wildman–Crippen LogP) is 2.92. The van der Waals surface area contributed by atoms with Crippen LogP contribution in [-0.2, 0) is 0 Å². The molecule has 1 aromatic carbocycles. The maximum Gasteiger partial charge on any atom is 0.392 e. The van der Waals surface area contributed by atoms with Crippen molar-refractivity contribution in [3.05, 3.63) is 23.8 Å². The molecule has 0 fully saturated rings. The van der Waals surface area contributed by atoms with Gasteiger partial charge in [-0.2, -0.15) is 13.2 Å². The molecule has 0 spiro atoms. The molecule has 2 unspecified atom stereocenters. The summed E-state index contributed by atoms with van der Waals surface area (Å²) < 4.78 is 42.7. The molecule has 0 radical (unpaired) electrons. The third-order valence-electron chi connectivity index (χ3n) is 2.91. The minimum Gasteiger partial charge on any atom is -0.508 e. The molecular formula is C12H13F3O3. The van der Waals surface area contributed by atoms with E-state index >= 15 is 0 Å². The number of aliphatic hydroxyl groups excluding tert-OH is 1. The molecule has 18 heavy (non-hydrogen) atoms. The van der Waals surface area contributed by atoms with Gasteiger partial charge in [0.25, 0.3) is 0 Å². The number of hydrogen-bond acceptors (Lipinski definition) is 3. The van der Waals surface area contributed by atoms with Crippen LogP contribution in [0.1, 0.15) is 31.4 Å². The van der Waals surface area contributed by atoms with E-state index in [-0.39, 0.29) is 17.9 Å². The summed E-state index contributed by atoms with van der Waals surface area (Å²) in [5.41, 5.74) is -1.17. The van der Waals surface area contributed by atoms with Gasteiger partial charge >= 0.3 is 6.18 Å². The molecule has 1 aliphatic heterocycles. The van der Waals surface area contributed by atoms with Crippen LogP contribution in [0.2, 0.25) is 0 Å². The van der Waals surface area contributed by atoms with Crippen LogP contribution in [0.5, 0.6) is 11.5 Å². The zero-order chi connectivity index (χ0) is 13.6. The summed E-state index contributed by atoms with van der Waals surface area (Å²) in [7, 11) is 0. The summed E-state index contributed by atoms with van der Waals surface area (Å²) in [6.07, 6.45) is -6.73. The Hall–Kier alpha value is -1.43. The molecule has 3 nitrogen and oxygen atoms in total. The number of alkyl halides is 3. The van der Waals surface area contributed by atoms with E-state index in [0.717, 1.165) is 0 Å². The highest BCUT2D eigenvalue weighted by molar-refractivity contribution is 5.43. The molecule has 0 bridgehead atoms. The topological polar surface area (TPSA) is 49.7 Å². The van der Waals surface area contributed by atoms with Crippen LogP contribution in [-0.4, -0.2) is 22.0 Å². The third kappa shape index (κ3) is 2.69. The van der Waals surface area contributed by atoms with Crippen molar-refractivity contribution in [1.29, 1.82) is 0 Å². The monoisotopic (exact) mass is 262 g/mol. The molecule has 1 aromatic rings. The first-order valence-corrected chi connectivity index (χ1v) is 5.45. The first-order chi connectivity index (χ1) is 8.19. The van der Waals surface area contributed by atoms with E-state index in [1.54, 1.807) is 0 Å². The van der Waals surface area contributed by atoms with Crippen molar-refractivity contribution >= 4 is 0 Å². The fourth-order valence-electron chi connectivity index (χ4n) is 2.25. The zero-order valence-corrected chi connectivity index (χ0v) is 9.66. The van der Waals surface area contributed by atoms with Gasteiger partial charge in [-0.1, -0.05) is 0 Å². The van der Waals surface area contributed by atoms with E-state index in [1.807, 2.05) is 0 Å². The molecule has 6 heteroatoms. The van der Waals surface area contributed by atoms with Crippen LogP contribution < -0.4 is 4.74 Å². The zero-order valence-electron chi connectivity index (χ0n) is 9.66. The van der Waals surface area contributed by atoms with E-state index in [2.05, 4.69) is 0 Å². The van der Waals surface area contributed by atoms with Crippen LogP contribution in [0.15, 0.2) is 18.2 Å². The minimum absolute atomic E-state index is 0.0594. The fraction of sp³-hybridized carbons (Fsp3) is 0.500. The smallest absolute Gasteiger partial charge is 0.392 e. The third-order valence-corrected chi connectivity index (χ3v) is 2.91. The Morgan fingerprint density at radius 1 is 1.44 bits per heavy atom. The summed E-state index contributed by atoms with van der Waals surface area (Å²) in [6.45, 7) is 1.32. The normalized spacial score (nSPS) is 27.5. The SMILES string of the molecule is CC1(CC(F)(F)F)CC(O)c2cc(O)ccc2O1. The van der Waals surface area contributed by atoms with Crippen molar-refractivity contribution in [3.8, 4) is 11.5 Å². The number of fused-ring (bicyclic) bond motifs is 1. The van der Waals surface area contributed by atoms with Crippen LogP contribution in [0.3, 0.4) is 0 Å². The number of benzene rings is 1. The maximum absolute atomic E-state index is 12.5. The molecule has 0 saturated heterocycles. The Bertz CT molecular complexity index is 458. The molecule has 1 heterocycles. The number of hydrogen-bond donors (Lipinski definition) is 2. The Kier molecular flexibility index (Phi) is 2.93. The first-order valence-electron chi connectivity index (χ1n) is 5.45. The molecule has 0 aliphatic carbocycles. The highest BCUT2D eigenvalue weighted by Crippen LogP contribution is 2.44. The van der Waals surface area contributed by atoms with E-state index in [4.69, 9.17) is 4.74 Å². The van der Waals surface area contributed by atoms with Gasteiger partial charge in [-0.3, -0.25) is 0 Å². The lowest BCUT2D eigenvalue weighted by Crippen LogP contribution is -2.42. The number of phenolic OH excluding ortho intramolecular Hbond substituents is 1. The summed E-state index contributed by atoms with van der Waals surface area (Å²) >= 11 is 0. The summed E-state index contributed by atoms with van der Waals surface area (Å²) in [5.74, 6) is 0.120. The number of rotatable bonds is 1. The van der Waals surface area contributed by atoms with Gasteiger partial charge in [0.15, 0.2) is 0 Å². The molecule has 0 aromatic heterocycles. The first kappa shape index (κ1) is 13.0. The minimum atomic E-state index is -4.36. The number of ether oxygens (including phenoxy) is 1. The van der Waals surface area contributed by atoms with Crippen molar-refractivity contribution in [3.63, 3.8) is 0 Å². The second kappa shape index (κ2) is 4.05. The van der Waals surface area contributed by atoms with Gasteiger partial charge in [0.05, 0.1) is 12.5 Å². The number of halogens is 3. The van der Waals surface area contributed by atoms with E-state index in [1.165, 1.54) is 25.1 Å². The average Bonchev–Trinajstić information content (AvgIpc) is 2.16. The van der Waals surface area contributed by atoms with Crippen molar-refractivity contribution in [2.75, 3.05) is 0 Å². The van der Waals surface area contributed by atoms with Crippen molar-refractivity contribution in [2.24, 2.45) is 0 Å². The maximum atomic E-state index is 12.5. The second-order valence-electron chi connectivity index (χ2n) is 4.79. The van der Waals surface area contributed by atoms with Crippen molar-refractivity contribution < 1.29 is 28.1 Å². The second-order valence-corrected chi connectivity index (χ2v) is 4.79. The van der Waals surface area contributed by atoms with E-state index in [0.29, 0.717) is 5.56 Å². The molecule has 100 valence electrons. The van der Waals surface area contributed by atoms with E-state index < -0.39 is 24.3 Å². The largest absolute Gasteiger partial charge is 0.508 e. The standard InChI is InChI=1S/C12H13F3O3/c1-11(6-12(13,14)15)5-9(17)8-4-7(16)2-3-10(8)18-11/h2-4,9,16-17H,5-6H2,1H3. The Labute approximate surface area is 102 Å². The van der Waals surface area contributed by atoms with Gasteiger partial charge in [0.2, 0.25) is 0 Å². The molecule has 2 rings (SSSR count). The van der Waals surface area contributed by atoms with Crippen LogP contribution in [0, 0.1) is 0 Å². The summed E-state index contributed by atoms with van der Waals surface area (Å²) in [5, 5.41) is 19.1. The Balaban J connectivity index is 2.30. The fourth-order valence-corrected chi connectivity index (χ4v) is 2.25. The number of aliphatic hydroxyl groups is 1. The number of phenols is 1. The molecule has 2 atom stereocenters. The predicted molar refractivity (Wildman–Crippen MR) is 57.4 cm³/mol. The van der Waals surface area contributed by atoms with Gasteiger partial charge in [0, 0.05) is 12.0 Å². The average molecular weight is 262 g/mol. The molecule has 0 saturated carbocycles. The van der Waals surface area contributed by atoms with Crippen LogP contribution >= 0.6 is 0 Å². The lowest BCUT2D eigenvalue weighted by atomic mass is 9.87. The highest BCUT2D eigenvalue weighted by atomic mass is 19.4. The van der Waals surface area contributed by atoms with E-state index in [9.17, 15) is 23.4 Å². The number of aromatic hydroxyl groups is 1. The highest BCUT2D eigenvalue weighted by Gasteiger charge is 2.45. The molecular weight excluding hydrogens is 249 g/mol. The van der Waals surface area contributed by atoms with Gasteiger partial charge in [-0.25, -0.2) is 0 Å². The lowest BCUT2D eigenvalue weighted by Gasteiger charge is -2.38. The van der Waals surface area contributed by atoms with Crippen LogP contribution in [0.4, 0.5) is 13.2 Å². The lowest BCUT2D eigenvalue weighted by molar-refractivity contribution is -0.175. The summed E-state index contributed by atoms with van der Waals surface area (Å²) in [6, 6.07) is 3.97. The quantitative estimate of drug-likeness (QED) is 0.818. The van der Waals surface area contributed by atoms with Gasteiger partial charge in [0.1, 0.15) is 17.1 Å². The van der Waals surface area contributed by atoms with Gasteiger partial charge in [-0.05, 0) is 25.1 Å². The summed E-state index contributed by atoms with van der Waals surface area (Å²) in [4.78, 5) is 0. The van der Waals surface area contributed by atoms with Gasteiger partial charge in [-0.15, -0.1) is 0 Å². The van der Waals surface area contributed by atoms with Crippen molar-refractivity contribution in [1.82, 2.24) is 0 Å². The van der Waals surface area contributed by atoms with Crippen molar-refractivity contribution in [2.45, 2.75) is 37.6 Å². The Morgan fingerprint density at radius 2 is 2.11 bits per heavy atom.